The second-order valence-electron chi connectivity index (χ2n) is 13.1. The molecule has 0 spiro atoms. The standard InChI is InChI=1S/C35H38F4N4O3Si/c1-7-42-32-29(27(21-46-47(5,6)34(2,3)4)41-43(32)26-14-9-8-10-15-26)28(22-16-18-25(36)19-17-22)30(33(42)45)40-31(44)23-12-11-13-24(20-23)35(37,38)39/h8-20,28,30H,7,21H2,1-6H3,(H,40,44)/t28-,30+/m0/s1. The maximum absolute atomic E-state index is 14.4. The number of nitrogens with one attached hydrogen (secondary N) is 1. The van der Waals surface area contributed by atoms with Gasteiger partial charge in [0, 0.05) is 23.6 Å². The summed E-state index contributed by atoms with van der Waals surface area (Å²) in [5, 5.41) is 7.62. The van der Waals surface area contributed by atoms with E-state index in [4.69, 9.17) is 9.52 Å². The second-order valence-corrected chi connectivity index (χ2v) is 17.9. The van der Waals surface area contributed by atoms with Crippen molar-refractivity contribution in [3.05, 3.63) is 113 Å². The highest BCUT2D eigenvalue weighted by Gasteiger charge is 2.47. The predicted octanol–water partition coefficient (Wildman–Crippen LogP) is 7.85. The maximum Gasteiger partial charge on any atom is 0.416 e. The van der Waals surface area contributed by atoms with E-state index in [0.717, 1.165) is 18.2 Å². The van der Waals surface area contributed by atoms with E-state index in [1.165, 1.54) is 23.1 Å². The van der Waals surface area contributed by atoms with Crippen molar-refractivity contribution in [1.29, 1.82) is 0 Å². The van der Waals surface area contributed by atoms with Crippen molar-refractivity contribution < 1.29 is 31.6 Å². The number of para-hydroxylation sites is 1. The fraction of sp³-hybridized carbons (Fsp3) is 0.343. The molecule has 0 saturated heterocycles. The first kappa shape index (κ1) is 34.1. The Morgan fingerprint density at radius 1 is 0.979 bits per heavy atom. The second kappa shape index (κ2) is 12.7. The number of fused-ring (bicyclic) bond motifs is 1. The molecule has 7 nitrogen and oxygen atoms in total. The minimum Gasteiger partial charge on any atom is -0.411 e. The van der Waals surface area contributed by atoms with Crippen LogP contribution in [0, 0.1) is 5.82 Å². The molecule has 1 aromatic heterocycles. The fourth-order valence-electron chi connectivity index (χ4n) is 5.49. The number of aromatic nitrogens is 2. The molecule has 0 aliphatic carbocycles. The number of hydrogen-bond donors (Lipinski definition) is 1. The lowest BCUT2D eigenvalue weighted by Gasteiger charge is -2.39. The molecule has 0 bridgehead atoms. The van der Waals surface area contributed by atoms with Gasteiger partial charge < -0.3 is 9.74 Å². The molecule has 2 atom stereocenters. The molecule has 12 heteroatoms. The van der Waals surface area contributed by atoms with Crippen molar-refractivity contribution in [2.75, 3.05) is 11.4 Å². The summed E-state index contributed by atoms with van der Waals surface area (Å²) in [5.41, 5.74) is 1.12. The topological polar surface area (TPSA) is 76.5 Å². The van der Waals surface area contributed by atoms with Crippen molar-refractivity contribution in [3.8, 4) is 5.69 Å². The third-order valence-corrected chi connectivity index (χ3v) is 13.5. The summed E-state index contributed by atoms with van der Waals surface area (Å²) in [6.07, 6.45) is -4.66. The average Bonchev–Trinajstić information content (AvgIpc) is 3.39. The molecule has 4 aromatic rings. The monoisotopic (exact) mass is 666 g/mol. The summed E-state index contributed by atoms with van der Waals surface area (Å²) in [4.78, 5) is 29.5. The lowest BCUT2D eigenvalue weighted by molar-refractivity contribution is -0.137. The molecular formula is C35H38F4N4O3Si. The molecule has 248 valence electrons. The van der Waals surface area contributed by atoms with Gasteiger partial charge in [0.25, 0.3) is 11.8 Å². The molecule has 5 rings (SSSR count). The van der Waals surface area contributed by atoms with Gasteiger partial charge >= 0.3 is 6.18 Å². The molecule has 3 aromatic carbocycles. The average molecular weight is 667 g/mol. The van der Waals surface area contributed by atoms with Gasteiger partial charge in [0.15, 0.2) is 8.32 Å². The Bertz CT molecular complexity index is 1770. The van der Waals surface area contributed by atoms with Crippen LogP contribution in [0.1, 0.15) is 66.4 Å². The van der Waals surface area contributed by atoms with E-state index in [1.807, 2.05) is 30.3 Å². The van der Waals surface area contributed by atoms with Crippen LogP contribution in [0.3, 0.4) is 0 Å². The highest BCUT2D eigenvalue weighted by atomic mass is 28.4. The van der Waals surface area contributed by atoms with Crippen LogP contribution in [0.2, 0.25) is 18.1 Å². The van der Waals surface area contributed by atoms with Gasteiger partial charge in [-0.2, -0.15) is 18.3 Å². The molecule has 1 N–H and O–H groups in total. The first-order valence-electron chi connectivity index (χ1n) is 15.4. The number of likely N-dealkylation sites (N-methyl/N-ethyl adjacent to an activating group) is 1. The van der Waals surface area contributed by atoms with Crippen LogP contribution in [0.15, 0.2) is 78.9 Å². The molecule has 2 amide bonds. The molecule has 1 aliphatic rings. The van der Waals surface area contributed by atoms with Crippen molar-refractivity contribution in [1.82, 2.24) is 15.1 Å². The van der Waals surface area contributed by atoms with Gasteiger partial charge in [-0.3, -0.25) is 14.5 Å². The normalized spacial score (nSPS) is 17.1. The van der Waals surface area contributed by atoms with Gasteiger partial charge in [0.1, 0.15) is 17.7 Å². The van der Waals surface area contributed by atoms with Crippen LogP contribution in [0.4, 0.5) is 23.4 Å². The summed E-state index contributed by atoms with van der Waals surface area (Å²) in [7, 11) is -2.30. The van der Waals surface area contributed by atoms with E-state index in [2.05, 4.69) is 39.2 Å². The van der Waals surface area contributed by atoms with E-state index in [1.54, 1.807) is 23.7 Å². The number of hydrogen-bond acceptors (Lipinski definition) is 4. The Hall–Kier alpha value is -4.29. The quantitative estimate of drug-likeness (QED) is 0.154. The first-order valence-corrected chi connectivity index (χ1v) is 18.3. The highest BCUT2D eigenvalue weighted by Crippen LogP contribution is 2.45. The number of amides is 2. The summed E-state index contributed by atoms with van der Waals surface area (Å²) < 4.78 is 63.0. The fourth-order valence-corrected chi connectivity index (χ4v) is 6.42. The van der Waals surface area contributed by atoms with Crippen LogP contribution >= 0.6 is 0 Å². The Morgan fingerprint density at radius 2 is 1.64 bits per heavy atom. The largest absolute Gasteiger partial charge is 0.416 e. The number of alkyl halides is 3. The number of carbonyl (C=O) groups is 2. The zero-order valence-corrected chi connectivity index (χ0v) is 28.2. The van der Waals surface area contributed by atoms with Crippen LogP contribution in [-0.4, -0.2) is 42.5 Å². The van der Waals surface area contributed by atoms with Gasteiger partial charge in [0.2, 0.25) is 0 Å². The van der Waals surface area contributed by atoms with Gasteiger partial charge in [-0.15, -0.1) is 0 Å². The van der Waals surface area contributed by atoms with Gasteiger partial charge in [-0.25, -0.2) is 9.07 Å². The number of rotatable bonds is 8. The number of halogens is 4. The third-order valence-electron chi connectivity index (χ3n) is 9.07. The number of carbonyl (C=O) groups excluding carboxylic acids is 2. The summed E-state index contributed by atoms with van der Waals surface area (Å²) >= 11 is 0. The van der Waals surface area contributed by atoms with Gasteiger partial charge in [0.05, 0.1) is 23.6 Å². The Labute approximate surface area is 272 Å². The third kappa shape index (κ3) is 6.75. The minimum atomic E-state index is -4.66. The van der Waals surface area contributed by atoms with Crippen molar-refractivity contribution >= 4 is 25.9 Å². The Kier molecular flexibility index (Phi) is 9.22. The van der Waals surface area contributed by atoms with Gasteiger partial charge in [-0.1, -0.05) is 57.2 Å². The predicted molar refractivity (Wildman–Crippen MR) is 175 cm³/mol. The summed E-state index contributed by atoms with van der Waals surface area (Å²) in [6, 6.07) is 17.7. The van der Waals surface area contributed by atoms with E-state index in [9.17, 15) is 27.2 Å². The Balaban J connectivity index is 1.70. The summed E-state index contributed by atoms with van der Waals surface area (Å²) in [6.45, 7) is 12.7. The molecular weight excluding hydrogens is 628 g/mol. The number of anilines is 1. The van der Waals surface area contributed by atoms with Crippen LogP contribution < -0.4 is 10.2 Å². The molecule has 2 heterocycles. The molecule has 0 saturated carbocycles. The Morgan fingerprint density at radius 3 is 2.23 bits per heavy atom. The number of nitrogens with zero attached hydrogens (tertiary/aromatic N) is 3. The van der Waals surface area contributed by atoms with E-state index >= 15 is 0 Å². The minimum absolute atomic E-state index is 0.108. The lowest BCUT2D eigenvalue weighted by Crippen LogP contribution is -2.55. The SMILES string of the molecule is CCN1C(=O)[C@H](NC(=O)c2cccc(C(F)(F)F)c2)[C@@H](c2ccc(F)cc2)c2c(CO[Si](C)(C)C(C)(C)C)nn(-c3ccccc3)c21. The zero-order chi connectivity index (χ0) is 34.3. The molecule has 0 unspecified atom stereocenters. The molecule has 1 aliphatic heterocycles. The smallest absolute Gasteiger partial charge is 0.411 e. The summed E-state index contributed by atoms with van der Waals surface area (Å²) in [5.74, 6) is -2.21. The van der Waals surface area contributed by atoms with Crippen LogP contribution in [0.5, 0.6) is 0 Å². The van der Waals surface area contributed by atoms with Crippen molar-refractivity contribution in [2.24, 2.45) is 0 Å². The number of benzene rings is 3. The molecule has 47 heavy (non-hydrogen) atoms. The maximum atomic E-state index is 14.4. The molecule has 0 fully saturated rings. The van der Waals surface area contributed by atoms with E-state index in [0.29, 0.717) is 28.3 Å². The zero-order valence-electron chi connectivity index (χ0n) is 27.2. The highest BCUT2D eigenvalue weighted by molar-refractivity contribution is 6.74. The van der Waals surface area contributed by atoms with E-state index < -0.39 is 49.6 Å². The van der Waals surface area contributed by atoms with Crippen molar-refractivity contribution in [2.45, 2.75) is 70.6 Å². The van der Waals surface area contributed by atoms with Gasteiger partial charge in [-0.05, 0) is 73.1 Å². The van der Waals surface area contributed by atoms with Crippen molar-refractivity contribution in [3.63, 3.8) is 0 Å². The molecule has 0 radical (unpaired) electrons. The van der Waals surface area contributed by atoms with Crippen LogP contribution in [0.25, 0.3) is 5.69 Å². The lowest BCUT2D eigenvalue weighted by atomic mass is 9.81. The van der Waals surface area contributed by atoms with E-state index in [-0.39, 0.29) is 23.8 Å². The van der Waals surface area contributed by atoms with Crippen LogP contribution in [-0.2, 0) is 22.0 Å². The first-order chi connectivity index (χ1) is 22.0.